The predicted molar refractivity (Wildman–Crippen MR) is 96.3 cm³/mol. The number of aliphatic hydroxyl groups excluding tert-OH is 1. The summed E-state index contributed by atoms with van der Waals surface area (Å²) in [6.07, 6.45) is 5.58. The molecule has 1 aliphatic carbocycles. The van der Waals surface area contributed by atoms with E-state index in [0.29, 0.717) is 36.8 Å². The summed E-state index contributed by atoms with van der Waals surface area (Å²) < 4.78 is 0. The van der Waals surface area contributed by atoms with Crippen molar-refractivity contribution in [3.63, 3.8) is 0 Å². The van der Waals surface area contributed by atoms with E-state index in [1.54, 1.807) is 4.90 Å². The summed E-state index contributed by atoms with van der Waals surface area (Å²) in [6.45, 7) is 2.95. The Kier molecular flexibility index (Phi) is 5.00. The molecule has 24 heavy (non-hydrogen) atoms. The van der Waals surface area contributed by atoms with E-state index in [0.717, 1.165) is 17.7 Å². The van der Waals surface area contributed by atoms with Crippen LogP contribution in [0.3, 0.4) is 0 Å². The molecule has 1 fully saturated rings. The molecule has 1 aromatic rings. The number of amides is 1. The molecular weight excluding hydrogens is 302 g/mol. The van der Waals surface area contributed by atoms with Gasteiger partial charge in [-0.05, 0) is 42.9 Å². The van der Waals surface area contributed by atoms with E-state index in [-0.39, 0.29) is 12.5 Å². The topological polar surface area (TPSA) is 78.9 Å². The SMILES string of the molecule is CCCN(CCO)C(=O)C1=Cc2ccc(C3CC3)cc2N=C(N)C1. The Labute approximate surface area is 142 Å². The van der Waals surface area contributed by atoms with Crippen LogP contribution in [0.1, 0.15) is 49.7 Å². The molecule has 1 amide bonds. The molecule has 0 unspecified atom stereocenters. The first-order valence-corrected chi connectivity index (χ1v) is 8.70. The lowest BCUT2D eigenvalue weighted by Gasteiger charge is -2.22. The smallest absolute Gasteiger partial charge is 0.250 e. The van der Waals surface area contributed by atoms with E-state index in [1.807, 2.05) is 19.1 Å². The minimum Gasteiger partial charge on any atom is -0.395 e. The zero-order valence-corrected chi connectivity index (χ0v) is 14.2. The maximum atomic E-state index is 12.8. The summed E-state index contributed by atoms with van der Waals surface area (Å²) in [6, 6.07) is 6.26. The average molecular weight is 327 g/mol. The summed E-state index contributed by atoms with van der Waals surface area (Å²) in [5.41, 5.74) is 9.78. The van der Waals surface area contributed by atoms with Crippen molar-refractivity contribution >= 4 is 23.5 Å². The molecule has 1 saturated carbocycles. The Morgan fingerprint density at radius 3 is 2.83 bits per heavy atom. The highest BCUT2D eigenvalue weighted by atomic mass is 16.3. The molecule has 0 bridgehead atoms. The Hall–Kier alpha value is -2.14. The van der Waals surface area contributed by atoms with Gasteiger partial charge in [-0.15, -0.1) is 0 Å². The molecule has 0 saturated heterocycles. The summed E-state index contributed by atoms with van der Waals surface area (Å²) in [4.78, 5) is 19.0. The van der Waals surface area contributed by atoms with Crippen LogP contribution in [0.5, 0.6) is 0 Å². The summed E-state index contributed by atoms with van der Waals surface area (Å²) in [5.74, 6) is 1.05. The third-order valence-electron chi connectivity index (χ3n) is 4.49. The van der Waals surface area contributed by atoms with Crippen molar-refractivity contribution in [2.75, 3.05) is 19.7 Å². The molecule has 1 aliphatic heterocycles. The standard InChI is InChI=1S/C19H25N3O2/c1-2-7-22(8-9-23)19(24)16-10-15-6-5-14(13-3-4-13)11-17(15)21-18(20)12-16/h5-6,10-11,13,23H,2-4,7-9,12H2,1H3,(H2,20,21). The molecule has 0 spiro atoms. The highest BCUT2D eigenvalue weighted by molar-refractivity contribution is 6.05. The first-order valence-electron chi connectivity index (χ1n) is 8.70. The zero-order valence-electron chi connectivity index (χ0n) is 14.2. The second-order valence-corrected chi connectivity index (χ2v) is 6.56. The van der Waals surface area contributed by atoms with E-state index in [9.17, 15) is 9.90 Å². The van der Waals surface area contributed by atoms with Gasteiger partial charge in [0.2, 0.25) is 5.91 Å². The second kappa shape index (κ2) is 7.18. The molecule has 1 aromatic carbocycles. The van der Waals surface area contributed by atoms with Crippen LogP contribution < -0.4 is 5.73 Å². The summed E-state index contributed by atoms with van der Waals surface area (Å²) >= 11 is 0. The highest BCUT2D eigenvalue weighted by Crippen LogP contribution is 2.42. The molecule has 3 N–H and O–H groups in total. The minimum absolute atomic E-state index is 0.0378. The normalized spacial score (nSPS) is 16.8. The van der Waals surface area contributed by atoms with Gasteiger partial charge in [0.15, 0.2) is 0 Å². The van der Waals surface area contributed by atoms with Gasteiger partial charge in [-0.2, -0.15) is 0 Å². The lowest BCUT2D eigenvalue weighted by Crippen LogP contribution is -2.36. The fourth-order valence-corrected chi connectivity index (χ4v) is 3.12. The lowest BCUT2D eigenvalue weighted by molar-refractivity contribution is -0.127. The molecule has 5 heteroatoms. The van der Waals surface area contributed by atoms with E-state index < -0.39 is 0 Å². The maximum absolute atomic E-state index is 12.8. The minimum atomic E-state index is -0.0665. The van der Waals surface area contributed by atoms with Gasteiger partial charge in [0.05, 0.1) is 12.3 Å². The number of rotatable bonds is 6. The first kappa shape index (κ1) is 16.7. The number of nitrogens with two attached hydrogens (primary N) is 1. The third kappa shape index (κ3) is 3.67. The second-order valence-electron chi connectivity index (χ2n) is 6.56. The number of benzene rings is 1. The molecule has 0 atom stereocenters. The van der Waals surface area contributed by atoms with Crippen LogP contribution in [0.4, 0.5) is 5.69 Å². The number of hydrogen-bond donors (Lipinski definition) is 2. The van der Waals surface area contributed by atoms with E-state index in [1.165, 1.54) is 18.4 Å². The number of amidine groups is 1. The van der Waals surface area contributed by atoms with Crippen LogP contribution in [0.25, 0.3) is 6.08 Å². The molecule has 0 radical (unpaired) electrons. The summed E-state index contributed by atoms with van der Waals surface area (Å²) in [7, 11) is 0. The van der Waals surface area contributed by atoms with Crippen molar-refractivity contribution in [1.29, 1.82) is 0 Å². The number of fused-ring (bicyclic) bond motifs is 1. The Morgan fingerprint density at radius 1 is 1.38 bits per heavy atom. The fraction of sp³-hybridized carbons (Fsp3) is 0.474. The molecule has 0 aromatic heterocycles. The van der Waals surface area contributed by atoms with Gasteiger partial charge in [-0.25, -0.2) is 4.99 Å². The largest absolute Gasteiger partial charge is 0.395 e. The van der Waals surface area contributed by atoms with Crippen molar-refractivity contribution in [3.8, 4) is 0 Å². The van der Waals surface area contributed by atoms with E-state index in [4.69, 9.17) is 5.73 Å². The van der Waals surface area contributed by atoms with Crippen LogP contribution in [0.15, 0.2) is 28.8 Å². The fourth-order valence-electron chi connectivity index (χ4n) is 3.12. The van der Waals surface area contributed by atoms with Gasteiger partial charge < -0.3 is 15.7 Å². The number of nitrogens with zero attached hydrogens (tertiary/aromatic N) is 2. The number of carbonyl (C=O) groups is 1. The van der Waals surface area contributed by atoms with E-state index in [2.05, 4.69) is 17.1 Å². The van der Waals surface area contributed by atoms with E-state index >= 15 is 0 Å². The van der Waals surface area contributed by atoms with Crippen molar-refractivity contribution < 1.29 is 9.90 Å². The number of hydrogen-bond acceptors (Lipinski definition) is 4. The van der Waals surface area contributed by atoms with Crippen LogP contribution in [-0.4, -0.2) is 41.4 Å². The summed E-state index contributed by atoms with van der Waals surface area (Å²) in [5, 5.41) is 9.20. The maximum Gasteiger partial charge on any atom is 0.250 e. The van der Waals surface area contributed by atoms with Crippen molar-refractivity contribution in [2.24, 2.45) is 10.7 Å². The van der Waals surface area contributed by atoms with Gasteiger partial charge in [-0.3, -0.25) is 4.79 Å². The Bertz CT molecular complexity index is 684. The average Bonchev–Trinajstić information content (AvgIpc) is 3.39. The molecule has 128 valence electrons. The third-order valence-corrected chi connectivity index (χ3v) is 4.49. The highest BCUT2D eigenvalue weighted by Gasteiger charge is 2.25. The van der Waals surface area contributed by atoms with Crippen molar-refractivity contribution in [3.05, 3.63) is 34.9 Å². The number of aliphatic imine (C=N–C) groups is 1. The molecule has 1 heterocycles. The van der Waals surface area contributed by atoms with Crippen LogP contribution >= 0.6 is 0 Å². The predicted octanol–water partition coefficient (Wildman–Crippen LogP) is 2.57. The molecule has 2 aliphatic rings. The molecule has 3 rings (SSSR count). The quantitative estimate of drug-likeness (QED) is 0.843. The van der Waals surface area contributed by atoms with Gasteiger partial charge in [0.25, 0.3) is 0 Å². The lowest BCUT2D eigenvalue weighted by atomic mass is 10.0. The Morgan fingerprint density at radius 2 is 2.17 bits per heavy atom. The number of aliphatic hydroxyl groups is 1. The van der Waals surface area contributed by atoms with Crippen molar-refractivity contribution in [2.45, 2.75) is 38.5 Å². The van der Waals surface area contributed by atoms with Crippen LogP contribution in [0.2, 0.25) is 0 Å². The van der Waals surface area contributed by atoms with Crippen LogP contribution in [-0.2, 0) is 4.79 Å². The zero-order chi connectivity index (χ0) is 17.1. The molecular formula is C19H25N3O2. The van der Waals surface area contributed by atoms with Gasteiger partial charge in [-0.1, -0.05) is 19.1 Å². The van der Waals surface area contributed by atoms with Gasteiger partial charge in [0.1, 0.15) is 5.84 Å². The Balaban J connectivity index is 1.91. The number of carbonyl (C=O) groups excluding carboxylic acids is 1. The van der Waals surface area contributed by atoms with Gasteiger partial charge in [0, 0.05) is 30.6 Å². The molecule has 5 nitrogen and oxygen atoms in total. The van der Waals surface area contributed by atoms with Crippen molar-refractivity contribution in [1.82, 2.24) is 4.90 Å². The van der Waals surface area contributed by atoms with Crippen LogP contribution in [0, 0.1) is 0 Å². The monoisotopic (exact) mass is 327 g/mol. The first-order chi connectivity index (χ1) is 11.6. The van der Waals surface area contributed by atoms with Gasteiger partial charge >= 0.3 is 0 Å².